The van der Waals surface area contributed by atoms with Gasteiger partial charge >= 0.3 is 6.18 Å². The van der Waals surface area contributed by atoms with Crippen molar-refractivity contribution in [2.75, 3.05) is 13.2 Å². The fourth-order valence-electron chi connectivity index (χ4n) is 6.47. The molecule has 0 bridgehead atoms. The highest BCUT2D eigenvalue weighted by Crippen LogP contribution is 2.59. The molecule has 0 N–H and O–H groups in total. The average molecular weight is 588 g/mol. The molecule has 3 aliphatic rings. The summed E-state index contributed by atoms with van der Waals surface area (Å²) in [5.41, 5.74) is 5.19. The molecule has 2 atom stereocenters. The van der Waals surface area contributed by atoms with Gasteiger partial charge in [-0.3, -0.25) is 4.98 Å². The summed E-state index contributed by atoms with van der Waals surface area (Å²) in [6, 6.07) is 5.38. The minimum Gasteiger partial charge on any atom is -0.410 e. The number of pyridine rings is 1. The second-order valence-corrected chi connectivity index (χ2v) is 19.3. The first-order chi connectivity index (χ1) is 18.9. The molecule has 1 aromatic heterocycles. The van der Waals surface area contributed by atoms with Crippen LogP contribution in [0.3, 0.4) is 0 Å². The van der Waals surface area contributed by atoms with Crippen LogP contribution in [-0.2, 0) is 32.1 Å². The van der Waals surface area contributed by atoms with Gasteiger partial charge in [0.2, 0.25) is 0 Å². The van der Waals surface area contributed by atoms with E-state index in [0.717, 1.165) is 58.6 Å². The number of hydrogen-bond acceptors (Lipinski definition) is 4. The molecule has 2 aromatic rings. The van der Waals surface area contributed by atoms with E-state index in [-0.39, 0.29) is 16.6 Å². The predicted molar refractivity (Wildman–Crippen MR) is 158 cm³/mol. The molecule has 3 heterocycles. The van der Waals surface area contributed by atoms with Crippen LogP contribution in [0.1, 0.15) is 112 Å². The molecule has 2 unspecified atom stereocenters. The van der Waals surface area contributed by atoms with Crippen LogP contribution >= 0.6 is 0 Å². The van der Waals surface area contributed by atoms with Gasteiger partial charge < -0.3 is 13.9 Å². The van der Waals surface area contributed by atoms with Crippen molar-refractivity contribution in [1.82, 2.24) is 4.98 Å². The second kappa shape index (κ2) is 10.0. The van der Waals surface area contributed by atoms with E-state index in [1.165, 1.54) is 0 Å². The summed E-state index contributed by atoms with van der Waals surface area (Å²) in [4.78, 5) is 5.28. The Labute approximate surface area is 243 Å². The summed E-state index contributed by atoms with van der Waals surface area (Å²) in [5.74, 6) is 0. The zero-order valence-electron chi connectivity index (χ0n) is 25.7. The summed E-state index contributed by atoms with van der Waals surface area (Å²) >= 11 is 0. The molecule has 0 saturated carbocycles. The molecule has 1 saturated heterocycles. The van der Waals surface area contributed by atoms with Gasteiger partial charge in [0.25, 0.3) is 0 Å². The summed E-state index contributed by atoms with van der Waals surface area (Å²) in [6.45, 7) is 23.2. The molecule has 2 aliphatic heterocycles. The van der Waals surface area contributed by atoms with E-state index in [2.05, 4.69) is 54.3 Å². The van der Waals surface area contributed by atoms with E-state index < -0.39 is 31.8 Å². The third-order valence-electron chi connectivity index (χ3n) is 9.61. The third-order valence-corrected chi connectivity index (χ3v) is 14.1. The Morgan fingerprint density at radius 3 is 2.20 bits per heavy atom. The Morgan fingerprint density at radius 2 is 1.66 bits per heavy atom. The third kappa shape index (κ3) is 5.46. The monoisotopic (exact) mass is 587 g/mol. The number of fused-ring (bicyclic) bond motifs is 4. The van der Waals surface area contributed by atoms with E-state index in [4.69, 9.17) is 18.9 Å². The van der Waals surface area contributed by atoms with Gasteiger partial charge in [-0.2, -0.15) is 13.2 Å². The lowest BCUT2D eigenvalue weighted by molar-refractivity contribution is -0.137. The van der Waals surface area contributed by atoms with Crippen LogP contribution in [0.2, 0.25) is 18.1 Å². The van der Waals surface area contributed by atoms with Crippen molar-refractivity contribution in [3.63, 3.8) is 0 Å². The Hall–Kier alpha value is -2.00. The number of ether oxygens (including phenoxy) is 2. The molecule has 1 fully saturated rings. The predicted octanol–water partition coefficient (Wildman–Crippen LogP) is 9.29. The number of halogens is 3. The molecule has 0 radical (unpaired) electrons. The largest absolute Gasteiger partial charge is 0.416 e. The molecule has 224 valence electrons. The maximum absolute atomic E-state index is 13.4. The number of alkyl halides is 3. The molecule has 0 amide bonds. The molecule has 4 nitrogen and oxygen atoms in total. The molecule has 1 aromatic carbocycles. The van der Waals surface area contributed by atoms with Crippen LogP contribution < -0.4 is 0 Å². The second-order valence-electron chi connectivity index (χ2n) is 14.5. The first-order valence-corrected chi connectivity index (χ1v) is 17.6. The first kappa shape index (κ1) is 30.5. The highest BCUT2D eigenvalue weighted by Gasteiger charge is 2.53. The highest BCUT2D eigenvalue weighted by molar-refractivity contribution is 6.74. The SMILES string of the molecule is C=C(C)c1nc2c(c3c1C(c1ccc(C(F)(F)F)cc1)OC31CCOCC1)C(O[Si](C)(C)C(C)(C)C)CC(C)(C)C2. The van der Waals surface area contributed by atoms with Gasteiger partial charge in [-0.25, -0.2) is 0 Å². The lowest BCUT2D eigenvalue weighted by Crippen LogP contribution is -2.45. The van der Waals surface area contributed by atoms with Crippen LogP contribution in [0.15, 0.2) is 30.8 Å². The van der Waals surface area contributed by atoms with Crippen molar-refractivity contribution in [2.45, 2.75) is 109 Å². The van der Waals surface area contributed by atoms with Crippen LogP contribution in [-0.4, -0.2) is 26.5 Å². The summed E-state index contributed by atoms with van der Waals surface area (Å²) in [6.07, 6.45) is -2.10. The van der Waals surface area contributed by atoms with E-state index in [0.29, 0.717) is 31.6 Å². The molecule has 5 rings (SSSR count). The summed E-state index contributed by atoms with van der Waals surface area (Å²) in [7, 11) is -2.17. The topological polar surface area (TPSA) is 40.6 Å². The van der Waals surface area contributed by atoms with Crippen LogP contribution in [0, 0.1) is 5.41 Å². The standard InChI is InChI=1S/C33H44F3NO3Si/c1-20(2)28-26-27(25-23(37-28)18-31(6,7)19-24(25)40-41(8,9)30(3,4)5)32(14-16-38-17-15-32)39-29(26)21-10-12-22(13-11-21)33(34,35)36/h10-13,24,29H,1,14-19H2,2-9H3. The van der Waals surface area contributed by atoms with Crippen LogP contribution in [0.25, 0.3) is 5.57 Å². The van der Waals surface area contributed by atoms with Gasteiger partial charge in [-0.05, 0) is 72.1 Å². The number of benzene rings is 1. The fourth-order valence-corrected chi connectivity index (χ4v) is 7.74. The lowest BCUT2D eigenvalue weighted by Gasteiger charge is -2.46. The van der Waals surface area contributed by atoms with Crippen molar-refractivity contribution < 1.29 is 27.1 Å². The van der Waals surface area contributed by atoms with E-state index in [1.807, 2.05) is 6.92 Å². The minimum absolute atomic E-state index is 0.0112. The number of aromatic nitrogens is 1. The quantitative estimate of drug-likeness (QED) is 0.334. The zero-order chi connectivity index (χ0) is 30.2. The highest BCUT2D eigenvalue weighted by atomic mass is 28.4. The van der Waals surface area contributed by atoms with Gasteiger partial charge in [-0.15, -0.1) is 0 Å². The molecular formula is C33H44F3NO3Si. The van der Waals surface area contributed by atoms with Gasteiger partial charge in [0.05, 0.1) is 23.0 Å². The Kier molecular flexibility index (Phi) is 7.45. The van der Waals surface area contributed by atoms with Crippen molar-refractivity contribution >= 4 is 13.9 Å². The molecule has 1 spiro atoms. The van der Waals surface area contributed by atoms with Gasteiger partial charge in [0, 0.05) is 42.9 Å². The molecule has 41 heavy (non-hydrogen) atoms. The molecule has 8 heteroatoms. The van der Waals surface area contributed by atoms with Gasteiger partial charge in [0.15, 0.2) is 8.32 Å². The first-order valence-electron chi connectivity index (χ1n) is 14.7. The number of rotatable bonds is 4. The smallest absolute Gasteiger partial charge is 0.410 e. The fraction of sp³-hybridized carbons (Fsp3) is 0.606. The summed E-state index contributed by atoms with van der Waals surface area (Å²) < 4.78 is 60.4. The van der Waals surface area contributed by atoms with Crippen LogP contribution in [0.4, 0.5) is 13.2 Å². The number of allylic oxidation sites excluding steroid dienone is 1. The number of hydrogen-bond donors (Lipinski definition) is 0. The Morgan fingerprint density at radius 1 is 1.05 bits per heavy atom. The van der Waals surface area contributed by atoms with Crippen LogP contribution in [0.5, 0.6) is 0 Å². The summed E-state index contributed by atoms with van der Waals surface area (Å²) in [5, 5.41) is 0.0264. The van der Waals surface area contributed by atoms with E-state index in [9.17, 15) is 13.2 Å². The van der Waals surface area contributed by atoms with Gasteiger partial charge in [0.1, 0.15) is 6.10 Å². The Bertz CT molecular complexity index is 1340. The Balaban J connectivity index is 1.77. The van der Waals surface area contributed by atoms with Crippen molar-refractivity contribution in [3.05, 3.63) is 70.0 Å². The van der Waals surface area contributed by atoms with E-state index >= 15 is 0 Å². The van der Waals surface area contributed by atoms with Gasteiger partial charge in [-0.1, -0.05) is 53.3 Å². The van der Waals surface area contributed by atoms with Crippen molar-refractivity contribution in [3.8, 4) is 0 Å². The van der Waals surface area contributed by atoms with Crippen molar-refractivity contribution in [1.29, 1.82) is 0 Å². The van der Waals surface area contributed by atoms with Crippen molar-refractivity contribution in [2.24, 2.45) is 5.41 Å². The number of nitrogens with zero attached hydrogens (tertiary/aromatic N) is 1. The molecule has 1 aliphatic carbocycles. The zero-order valence-corrected chi connectivity index (χ0v) is 26.7. The lowest BCUT2D eigenvalue weighted by atomic mass is 9.70. The normalized spacial score (nSPS) is 23.8. The average Bonchev–Trinajstić information content (AvgIpc) is 3.15. The minimum atomic E-state index is -4.40. The maximum Gasteiger partial charge on any atom is 0.416 e. The maximum atomic E-state index is 13.4. The van der Waals surface area contributed by atoms with E-state index in [1.54, 1.807) is 12.1 Å². The molecular weight excluding hydrogens is 543 g/mol.